The Labute approximate surface area is 104 Å². The lowest BCUT2D eigenvalue weighted by Gasteiger charge is -1.97. The molecule has 0 saturated carbocycles. The number of imidazole rings is 1. The molecule has 1 aromatic carbocycles. The number of hydrogen-bond acceptors (Lipinski definition) is 2. The minimum absolute atomic E-state index is 1.02. The van der Waals surface area contributed by atoms with Crippen molar-refractivity contribution in [2.75, 3.05) is 0 Å². The first-order chi connectivity index (χ1) is 8.25. The quantitative estimate of drug-likeness (QED) is 0.459. The zero-order valence-corrected chi connectivity index (χ0v) is 10.6. The number of rotatable bonds is 0. The first-order valence-corrected chi connectivity index (χ1v) is 6.63. The van der Waals surface area contributed by atoms with Crippen molar-refractivity contribution in [2.45, 2.75) is 20.3 Å². The summed E-state index contributed by atoms with van der Waals surface area (Å²) in [5.41, 5.74) is 6.61. The third kappa shape index (κ3) is 1.07. The normalized spacial score (nSPS) is 13.1. The predicted octanol–water partition coefficient (Wildman–Crippen LogP) is 3.58. The van der Waals surface area contributed by atoms with Gasteiger partial charge in [-0.1, -0.05) is 24.3 Å². The largest absolute Gasteiger partial charge is 0.291 e. The third-order valence-corrected chi connectivity index (χ3v) is 4.72. The van der Waals surface area contributed by atoms with E-state index in [4.69, 9.17) is 4.98 Å². The van der Waals surface area contributed by atoms with Crippen LogP contribution in [0.4, 0.5) is 0 Å². The molecule has 17 heavy (non-hydrogen) atoms. The first kappa shape index (κ1) is 9.42. The fourth-order valence-electron chi connectivity index (χ4n) is 2.68. The number of aromatic nitrogens is 2. The molecular weight excluding hydrogens is 228 g/mol. The van der Waals surface area contributed by atoms with Gasteiger partial charge in [0.2, 0.25) is 0 Å². The Morgan fingerprint density at radius 1 is 1.24 bits per heavy atom. The van der Waals surface area contributed by atoms with E-state index in [0.717, 1.165) is 11.4 Å². The SMILES string of the molecule is Cc1sc2nc3c(n2c1C)Cc1ccccc1-3. The van der Waals surface area contributed by atoms with Crippen LogP contribution in [0.5, 0.6) is 0 Å². The number of nitrogens with zero attached hydrogens (tertiary/aromatic N) is 2. The molecule has 1 aliphatic rings. The molecular formula is C14H12N2S. The summed E-state index contributed by atoms with van der Waals surface area (Å²) in [7, 11) is 0. The summed E-state index contributed by atoms with van der Waals surface area (Å²) < 4.78 is 2.33. The Morgan fingerprint density at radius 2 is 2.06 bits per heavy atom. The van der Waals surface area contributed by atoms with Crippen LogP contribution in [-0.2, 0) is 6.42 Å². The Balaban J connectivity index is 2.11. The summed E-state index contributed by atoms with van der Waals surface area (Å²) in [4.78, 5) is 7.30. The van der Waals surface area contributed by atoms with Gasteiger partial charge in [-0.25, -0.2) is 4.98 Å². The molecule has 0 amide bonds. The number of thiazole rings is 1. The molecule has 2 heterocycles. The Hall–Kier alpha value is -1.61. The van der Waals surface area contributed by atoms with Crippen LogP contribution < -0.4 is 0 Å². The molecule has 3 aromatic rings. The van der Waals surface area contributed by atoms with Crippen molar-refractivity contribution in [3.8, 4) is 11.3 Å². The molecule has 0 unspecified atom stereocenters. The first-order valence-electron chi connectivity index (χ1n) is 5.81. The zero-order valence-electron chi connectivity index (χ0n) is 9.82. The number of benzene rings is 1. The second kappa shape index (κ2) is 2.99. The Bertz CT molecular complexity index is 749. The molecule has 0 aliphatic heterocycles. The molecule has 1 aliphatic carbocycles. The lowest BCUT2D eigenvalue weighted by atomic mass is 10.1. The van der Waals surface area contributed by atoms with Crippen LogP contribution in [-0.4, -0.2) is 9.38 Å². The maximum atomic E-state index is 4.80. The number of aryl methyl sites for hydroxylation is 2. The van der Waals surface area contributed by atoms with Gasteiger partial charge in [0.15, 0.2) is 4.96 Å². The molecule has 0 fully saturated rings. The minimum Gasteiger partial charge on any atom is -0.291 e. The average molecular weight is 240 g/mol. The van der Waals surface area contributed by atoms with Gasteiger partial charge in [-0.2, -0.15) is 0 Å². The highest BCUT2D eigenvalue weighted by Crippen LogP contribution is 2.38. The zero-order chi connectivity index (χ0) is 11.6. The van der Waals surface area contributed by atoms with Crippen molar-refractivity contribution in [3.05, 3.63) is 46.1 Å². The molecule has 84 valence electrons. The second-order valence-electron chi connectivity index (χ2n) is 4.60. The van der Waals surface area contributed by atoms with Crippen LogP contribution in [0.2, 0.25) is 0 Å². The van der Waals surface area contributed by atoms with Crippen molar-refractivity contribution in [1.29, 1.82) is 0 Å². The van der Waals surface area contributed by atoms with Crippen LogP contribution >= 0.6 is 11.3 Å². The van der Waals surface area contributed by atoms with E-state index in [-0.39, 0.29) is 0 Å². The van der Waals surface area contributed by atoms with Crippen LogP contribution in [0.3, 0.4) is 0 Å². The standard InChI is InChI=1S/C14H12N2S/c1-8-9(2)17-14-15-13-11-6-4-3-5-10(11)7-12(13)16(8)14/h3-6H,7H2,1-2H3. The van der Waals surface area contributed by atoms with Gasteiger partial charge in [-0.15, -0.1) is 11.3 Å². The highest BCUT2D eigenvalue weighted by atomic mass is 32.1. The second-order valence-corrected chi connectivity index (χ2v) is 5.78. The van der Waals surface area contributed by atoms with E-state index in [1.165, 1.54) is 33.1 Å². The summed E-state index contributed by atoms with van der Waals surface area (Å²) in [6.45, 7) is 4.35. The Morgan fingerprint density at radius 3 is 2.94 bits per heavy atom. The molecule has 0 radical (unpaired) electrons. The molecule has 0 spiro atoms. The molecule has 4 rings (SSSR count). The lowest BCUT2D eigenvalue weighted by molar-refractivity contribution is 1.01. The maximum absolute atomic E-state index is 4.80. The summed E-state index contributed by atoms with van der Waals surface area (Å²) >= 11 is 1.79. The van der Waals surface area contributed by atoms with Gasteiger partial charge in [0, 0.05) is 22.6 Å². The van der Waals surface area contributed by atoms with Gasteiger partial charge in [0.05, 0.1) is 11.4 Å². The van der Waals surface area contributed by atoms with Crippen LogP contribution in [0.1, 0.15) is 21.8 Å². The van der Waals surface area contributed by atoms with E-state index in [1.54, 1.807) is 11.3 Å². The van der Waals surface area contributed by atoms with Gasteiger partial charge in [-0.3, -0.25) is 4.40 Å². The van der Waals surface area contributed by atoms with Crippen molar-refractivity contribution in [3.63, 3.8) is 0 Å². The molecule has 0 atom stereocenters. The van der Waals surface area contributed by atoms with Crippen molar-refractivity contribution < 1.29 is 0 Å². The summed E-state index contributed by atoms with van der Waals surface area (Å²) in [6.07, 6.45) is 1.02. The van der Waals surface area contributed by atoms with Gasteiger partial charge in [0.25, 0.3) is 0 Å². The average Bonchev–Trinajstić information content (AvgIpc) is 2.91. The van der Waals surface area contributed by atoms with E-state index in [1.807, 2.05) is 0 Å². The molecule has 0 N–H and O–H groups in total. The van der Waals surface area contributed by atoms with E-state index in [9.17, 15) is 0 Å². The van der Waals surface area contributed by atoms with Crippen LogP contribution in [0.25, 0.3) is 16.2 Å². The summed E-state index contributed by atoms with van der Waals surface area (Å²) in [5, 5.41) is 0. The highest BCUT2D eigenvalue weighted by Gasteiger charge is 2.25. The van der Waals surface area contributed by atoms with E-state index >= 15 is 0 Å². The number of hydrogen-bond donors (Lipinski definition) is 0. The maximum Gasteiger partial charge on any atom is 0.194 e. The Kier molecular flexibility index (Phi) is 1.66. The fourth-order valence-corrected chi connectivity index (χ4v) is 3.67. The van der Waals surface area contributed by atoms with E-state index in [0.29, 0.717) is 0 Å². The van der Waals surface area contributed by atoms with Crippen molar-refractivity contribution in [1.82, 2.24) is 9.38 Å². The topological polar surface area (TPSA) is 17.3 Å². The summed E-state index contributed by atoms with van der Waals surface area (Å²) in [5.74, 6) is 0. The van der Waals surface area contributed by atoms with E-state index in [2.05, 4.69) is 42.5 Å². The molecule has 2 aromatic heterocycles. The monoisotopic (exact) mass is 240 g/mol. The number of fused-ring (bicyclic) bond motifs is 5. The van der Waals surface area contributed by atoms with Crippen LogP contribution in [0, 0.1) is 13.8 Å². The van der Waals surface area contributed by atoms with Gasteiger partial charge in [-0.05, 0) is 19.4 Å². The van der Waals surface area contributed by atoms with E-state index < -0.39 is 0 Å². The third-order valence-electron chi connectivity index (χ3n) is 3.66. The van der Waals surface area contributed by atoms with Crippen molar-refractivity contribution in [2.24, 2.45) is 0 Å². The van der Waals surface area contributed by atoms with Crippen molar-refractivity contribution >= 4 is 16.3 Å². The van der Waals surface area contributed by atoms with Crippen LogP contribution in [0.15, 0.2) is 24.3 Å². The minimum atomic E-state index is 1.02. The molecule has 2 nitrogen and oxygen atoms in total. The van der Waals surface area contributed by atoms with Gasteiger partial charge in [0.1, 0.15) is 0 Å². The van der Waals surface area contributed by atoms with Gasteiger partial charge < -0.3 is 0 Å². The lowest BCUT2D eigenvalue weighted by Crippen LogP contribution is -1.92. The molecule has 0 bridgehead atoms. The predicted molar refractivity (Wildman–Crippen MR) is 70.8 cm³/mol. The van der Waals surface area contributed by atoms with Gasteiger partial charge >= 0.3 is 0 Å². The smallest absolute Gasteiger partial charge is 0.194 e. The highest BCUT2D eigenvalue weighted by molar-refractivity contribution is 7.17. The summed E-state index contributed by atoms with van der Waals surface area (Å²) in [6, 6.07) is 8.59. The fraction of sp³-hybridized carbons (Fsp3) is 0.214. The molecule has 3 heteroatoms. The molecule has 0 saturated heterocycles.